The van der Waals surface area contributed by atoms with Crippen molar-refractivity contribution in [2.24, 2.45) is 0 Å². The van der Waals surface area contributed by atoms with Crippen LogP contribution in [0.15, 0.2) is 42.5 Å². The maximum absolute atomic E-state index is 9.55. The first kappa shape index (κ1) is 23.2. The summed E-state index contributed by atoms with van der Waals surface area (Å²) in [6, 6.07) is 13.7. The van der Waals surface area contributed by atoms with Crippen LogP contribution in [0.2, 0.25) is 0 Å². The summed E-state index contributed by atoms with van der Waals surface area (Å²) in [5.74, 6) is 1.50. The molecule has 0 aromatic heterocycles. The molecule has 0 aliphatic heterocycles. The van der Waals surface area contributed by atoms with Crippen LogP contribution in [0.4, 0.5) is 0 Å². The predicted molar refractivity (Wildman–Crippen MR) is 119 cm³/mol. The molecule has 0 spiro atoms. The van der Waals surface area contributed by atoms with E-state index < -0.39 is 12.2 Å². The molecule has 7 heteroatoms. The largest absolute Gasteiger partial charge is 0.491 e. The van der Waals surface area contributed by atoms with Gasteiger partial charge < -0.3 is 24.8 Å². The molecule has 0 bridgehead atoms. The maximum Gasteiger partial charge on any atom is 0.132 e. The number of rotatable bonds is 10. The molecule has 0 aliphatic rings. The highest BCUT2D eigenvalue weighted by molar-refractivity contribution is 14.1. The molecule has 154 valence electrons. The van der Waals surface area contributed by atoms with Gasteiger partial charge in [-0.15, -0.1) is 11.6 Å². The average molecular weight is 521 g/mol. The van der Waals surface area contributed by atoms with Gasteiger partial charge in [-0.1, -0.05) is 32.0 Å². The number of benzene rings is 2. The van der Waals surface area contributed by atoms with Crippen molar-refractivity contribution in [3.8, 4) is 11.5 Å². The number of ether oxygens (including phenoxy) is 2. The van der Waals surface area contributed by atoms with Gasteiger partial charge in [-0.2, -0.15) is 0 Å². The minimum atomic E-state index is -0.885. The van der Waals surface area contributed by atoms with Crippen molar-refractivity contribution in [1.29, 1.82) is 0 Å². The van der Waals surface area contributed by atoms with Crippen LogP contribution in [0.5, 0.6) is 11.5 Å². The van der Waals surface area contributed by atoms with Gasteiger partial charge in [0, 0.05) is 5.41 Å². The van der Waals surface area contributed by atoms with Gasteiger partial charge >= 0.3 is 0 Å². The molecule has 0 amide bonds. The smallest absolute Gasteiger partial charge is 0.132 e. The minimum absolute atomic E-state index is 0.0529. The molecular formula is C21H26ClIO5. The summed E-state index contributed by atoms with van der Waals surface area (Å²) in [6.07, 6.45) is -1.57. The highest BCUT2D eigenvalue weighted by Crippen LogP contribution is 2.35. The monoisotopic (exact) mass is 520 g/mol. The van der Waals surface area contributed by atoms with E-state index in [0.29, 0.717) is 5.75 Å². The van der Waals surface area contributed by atoms with E-state index in [9.17, 15) is 10.2 Å². The van der Waals surface area contributed by atoms with Crippen molar-refractivity contribution in [2.45, 2.75) is 31.5 Å². The Bertz CT molecular complexity index is 751. The summed E-state index contributed by atoms with van der Waals surface area (Å²) < 4.78 is 12.1. The van der Waals surface area contributed by atoms with E-state index in [1.165, 1.54) is 0 Å². The molecule has 0 saturated carbocycles. The van der Waals surface area contributed by atoms with Crippen molar-refractivity contribution in [1.82, 2.24) is 0 Å². The number of hydrogen-bond acceptors (Lipinski definition) is 5. The summed E-state index contributed by atoms with van der Waals surface area (Å²) in [5.41, 5.74) is 2.01. The summed E-state index contributed by atoms with van der Waals surface area (Å²) in [7, 11) is 0. The number of aliphatic hydroxyl groups excluding tert-OH is 3. The van der Waals surface area contributed by atoms with Crippen molar-refractivity contribution in [3.63, 3.8) is 0 Å². The molecule has 2 aromatic rings. The van der Waals surface area contributed by atoms with Crippen LogP contribution < -0.4 is 9.47 Å². The molecule has 0 fully saturated rings. The Morgan fingerprint density at radius 1 is 0.964 bits per heavy atom. The molecule has 2 atom stereocenters. The molecule has 0 aliphatic carbocycles. The zero-order chi connectivity index (χ0) is 20.7. The van der Waals surface area contributed by atoms with E-state index in [1.807, 2.05) is 36.4 Å². The highest BCUT2D eigenvalue weighted by atomic mass is 127. The van der Waals surface area contributed by atoms with Crippen LogP contribution in [0, 0.1) is 3.57 Å². The van der Waals surface area contributed by atoms with Crippen LogP contribution >= 0.6 is 34.2 Å². The number of hydrogen-bond donors (Lipinski definition) is 3. The molecule has 0 radical (unpaired) electrons. The van der Waals surface area contributed by atoms with Crippen molar-refractivity contribution in [2.75, 3.05) is 25.7 Å². The van der Waals surface area contributed by atoms with Crippen LogP contribution in [0.1, 0.15) is 25.0 Å². The third kappa shape index (κ3) is 6.22. The van der Waals surface area contributed by atoms with Gasteiger partial charge in [0.2, 0.25) is 0 Å². The highest BCUT2D eigenvalue weighted by Gasteiger charge is 2.24. The Labute approximate surface area is 184 Å². The first-order valence-electron chi connectivity index (χ1n) is 8.97. The van der Waals surface area contributed by atoms with Crippen LogP contribution in [0.3, 0.4) is 0 Å². The van der Waals surface area contributed by atoms with Gasteiger partial charge in [-0.05, 0) is 58.0 Å². The zero-order valence-electron chi connectivity index (χ0n) is 15.9. The van der Waals surface area contributed by atoms with E-state index in [4.69, 9.17) is 26.2 Å². The lowest BCUT2D eigenvalue weighted by Gasteiger charge is -2.27. The molecule has 0 saturated heterocycles. The van der Waals surface area contributed by atoms with Crippen LogP contribution in [0.25, 0.3) is 0 Å². The summed E-state index contributed by atoms with van der Waals surface area (Å²) >= 11 is 7.83. The lowest BCUT2D eigenvalue weighted by molar-refractivity contribution is 0.0536. The molecular weight excluding hydrogens is 495 g/mol. The Morgan fingerprint density at radius 3 is 2.14 bits per heavy atom. The fraction of sp³-hybridized carbons (Fsp3) is 0.429. The second-order valence-corrected chi connectivity index (χ2v) is 8.53. The van der Waals surface area contributed by atoms with Crippen molar-refractivity contribution < 1.29 is 24.8 Å². The van der Waals surface area contributed by atoms with Gasteiger partial charge in [0.15, 0.2) is 0 Å². The van der Waals surface area contributed by atoms with Crippen molar-refractivity contribution in [3.05, 3.63) is 57.2 Å². The fourth-order valence-corrected chi connectivity index (χ4v) is 3.38. The SMILES string of the molecule is CC(C)(c1ccc(OC[C@@H](O)CO)cc1)c1ccc(OC[C@H](O)CCl)c(I)c1. The summed E-state index contributed by atoms with van der Waals surface area (Å²) in [4.78, 5) is 0. The molecule has 2 rings (SSSR count). The first-order chi connectivity index (χ1) is 13.3. The minimum Gasteiger partial charge on any atom is -0.491 e. The van der Waals surface area contributed by atoms with E-state index in [0.717, 1.165) is 20.4 Å². The third-order valence-corrected chi connectivity index (χ3v) is 5.69. The Kier molecular flexibility index (Phi) is 8.82. The molecule has 28 heavy (non-hydrogen) atoms. The van der Waals surface area contributed by atoms with Gasteiger partial charge in [0.1, 0.15) is 36.9 Å². The summed E-state index contributed by atoms with van der Waals surface area (Å²) in [6.45, 7) is 4.17. The van der Waals surface area contributed by atoms with Gasteiger partial charge in [-0.3, -0.25) is 0 Å². The standard InChI is InChI=1S/C21H26ClIO5/c1-21(2,14-3-6-18(7-4-14)27-13-17(26)11-24)15-5-8-20(19(23)9-15)28-12-16(25)10-22/h3-9,16-17,24-26H,10-13H2,1-2H3/t16-,17+/m1/s1. The lowest BCUT2D eigenvalue weighted by atomic mass is 9.78. The number of aliphatic hydroxyl groups is 3. The second-order valence-electron chi connectivity index (χ2n) is 7.06. The number of halogens is 2. The Balaban J connectivity index is 2.11. The van der Waals surface area contributed by atoms with Gasteiger partial charge in [0.05, 0.1) is 16.1 Å². The zero-order valence-corrected chi connectivity index (χ0v) is 18.9. The van der Waals surface area contributed by atoms with Crippen LogP contribution in [-0.2, 0) is 5.41 Å². The molecule has 5 nitrogen and oxygen atoms in total. The quantitative estimate of drug-likeness (QED) is 0.331. The first-order valence-corrected chi connectivity index (χ1v) is 10.6. The van der Waals surface area contributed by atoms with Gasteiger partial charge in [-0.25, -0.2) is 0 Å². The topological polar surface area (TPSA) is 79.2 Å². The molecule has 3 N–H and O–H groups in total. The average Bonchev–Trinajstić information content (AvgIpc) is 2.70. The molecule has 0 heterocycles. The van der Waals surface area contributed by atoms with Gasteiger partial charge in [0.25, 0.3) is 0 Å². The molecule has 0 unspecified atom stereocenters. The maximum atomic E-state index is 9.55. The summed E-state index contributed by atoms with van der Waals surface area (Å²) in [5, 5.41) is 27.8. The fourth-order valence-electron chi connectivity index (χ4n) is 2.62. The van der Waals surface area contributed by atoms with E-state index >= 15 is 0 Å². The third-order valence-electron chi connectivity index (χ3n) is 4.49. The second kappa shape index (κ2) is 10.6. The van der Waals surface area contributed by atoms with E-state index in [-0.39, 0.29) is 31.1 Å². The van der Waals surface area contributed by atoms with E-state index in [1.54, 1.807) is 0 Å². The molecule has 2 aromatic carbocycles. The van der Waals surface area contributed by atoms with Crippen molar-refractivity contribution >= 4 is 34.2 Å². The van der Waals surface area contributed by atoms with Crippen LogP contribution in [-0.4, -0.2) is 53.2 Å². The predicted octanol–water partition coefficient (Wildman–Crippen LogP) is 3.33. The lowest BCUT2D eigenvalue weighted by Crippen LogP contribution is -2.22. The Morgan fingerprint density at radius 2 is 1.57 bits per heavy atom. The normalized spacial score (nSPS) is 13.8. The van der Waals surface area contributed by atoms with E-state index in [2.05, 4.69) is 42.5 Å². The number of alkyl halides is 1. The Hall–Kier alpha value is -1.06.